The zero-order valence-corrected chi connectivity index (χ0v) is 8.61. The Morgan fingerprint density at radius 1 is 1.69 bits per heavy atom. The molecule has 74 valence electrons. The van der Waals surface area contributed by atoms with Crippen LogP contribution in [0.1, 0.15) is 32.1 Å². The van der Waals surface area contributed by atoms with Crippen molar-refractivity contribution >= 4 is 17.7 Å². The Bertz CT molecular complexity index is 195. The minimum absolute atomic E-state index is 0.469. The molecule has 1 atom stereocenters. The number of aliphatic carboxylic acids is 1. The number of thioether (sulfide) groups is 1. The molecule has 1 aliphatic heterocycles. The van der Waals surface area contributed by atoms with Crippen LogP contribution < -0.4 is 0 Å². The highest BCUT2D eigenvalue weighted by Gasteiger charge is 2.41. The van der Waals surface area contributed by atoms with Crippen molar-refractivity contribution in [2.45, 2.75) is 36.9 Å². The van der Waals surface area contributed by atoms with Crippen molar-refractivity contribution in [2.24, 2.45) is 0 Å². The van der Waals surface area contributed by atoms with E-state index in [0.717, 1.165) is 37.9 Å². The smallest absolute Gasteiger partial charge is 0.319 e. The average molecular weight is 200 g/mol. The van der Waals surface area contributed by atoms with E-state index in [9.17, 15) is 4.79 Å². The standard InChI is InChI=1S/C10H16O2S/c1-2-3-4-6-10(9(11)12)7-5-8-13-10/h2H,1,3-8H2,(H,11,12). The first kappa shape index (κ1) is 10.6. The number of hydrogen-bond donors (Lipinski definition) is 1. The minimum Gasteiger partial charge on any atom is -0.480 e. The number of hydrogen-bond acceptors (Lipinski definition) is 2. The van der Waals surface area contributed by atoms with Crippen molar-refractivity contribution in [2.75, 3.05) is 5.75 Å². The van der Waals surface area contributed by atoms with Crippen LogP contribution in [-0.4, -0.2) is 21.6 Å². The summed E-state index contributed by atoms with van der Waals surface area (Å²) in [5.41, 5.74) is 0. The minimum atomic E-state index is -0.626. The first-order valence-electron chi connectivity index (χ1n) is 4.69. The van der Waals surface area contributed by atoms with Gasteiger partial charge in [-0.25, -0.2) is 0 Å². The van der Waals surface area contributed by atoms with Crippen molar-refractivity contribution in [3.05, 3.63) is 12.7 Å². The monoisotopic (exact) mass is 200 g/mol. The number of carboxylic acid groups (broad SMARTS) is 1. The van der Waals surface area contributed by atoms with Crippen LogP contribution in [-0.2, 0) is 4.79 Å². The molecule has 1 aliphatic rings. The molecule has 0 amide bonds. The Labute approximate surface area is 83.4 Å². The summed E-state index contributed by atoms with van der Waals surface area (Å²) in [4.78, 5) is 11.1. The van der Waals surface area contributed by atoms with Crippen LogP contribution in [0.5, 0.6) is 0 Å². The third-order valence-corrected chi connectivity index (χ3v) is 4.11. The van der Waals surface area contributed by atoms with Gasteiger partial charge < -0.3 is 5.11 Å². The predicted molar refractivity (Wildman–Crippen MR) is 56.1 cm³/mol. The molecule has 0 bridgehead atoms. The number of allylic oxidation sites excluding steroid dienone is 1. The summed E-state index contributed by atoms with van der Waals surface area (Å²) in [6.07, 6.45) is 6.40. The lowest BCUT2D eigenvalue weighted by Crippen LogP contribution is -2.32. The quantitative estimate of drug-likeness (QED) is 0.547. The second kappa shape index (κ2) is 4.70. The van der Waals surface area contributed by atoms with E-state index in [1.807, 2.05) is 6.08 Å². The molecule has 0 aromatic heterocycles. The third-order valence-electron chi connectivity index (χ3n) is 2.48. The van der Waals surface area contributed by atoms with Crippen LogP contribution in [0.4, 0.5) is 0 Å². The summed E-state index contributed by atoms with van der Waals surface area (Å²) in [6.45, 7) is 3.64. The van der Waals surface area contributed by atoms with Crippen molar-refractivity contribution in [1.82, 2.24) is 0 Å². The van der Waals surface area contributed by atoms with Gasteiger partial charge in [0.05, 0.1) is 0 Å². The third kappa shape index (κ3) is 2.50. The van der Waals surface area contributed by atoms with Gasteiger partial charge in [-0.3, -0.25) is 4.79 Å². The predicted octanol–water partition coefficient (Wildman–Crippen LogP) is 2.69. The molecule has 0 saturated carbocycles. The molecule has 1 unspecified atom stereocenters. The number of unbranched alkanes of at least 4 members (excludes halogenated alkanes) is 1. The van der Waals surface area contributed by atoms with Gasteiger partial charge >= 0.3 is 5.97 Å². The van der Waals surface area contributed by atoms with Crippen LogP contribution in [0.15, 0.2) is 12.7 Å². The van der Waals surface area contributed by atoms with E-state index in [2.05, 4.69) is 6.58 Å². The Morgan fingerprint density at radius 3 is 2.92 bits per heavy atom. The van der Waals surface area contributed by atoms with Gasteiger partial charge in [0.15, 0.2) is 0 Å². The zero-order valence-electron chi connectivity index (χ0n) is 7.79. The Kier molecular flexibility index (Phi) is 3.85. The molecule has 2 nitrogen and oxygen atoms in total. The van der Waals surface area contributed by atoms with Gasteiger partial charge in [0.25, 0.3) is 0 Å². The second-order valence-electron chi connectivity index (χ2n) is 3.43. The Hall–Kier alpha value is -0.440. The number of carboxylic acids is 1. The fourth-order valence-electron chi connectivity index (χ4n) is 1.70. The molecular formula is C10H16O2S. The summed E-state index contributed by atoms with van der Waals surface area (Å²) in [6, 6.07) is 0. The summed E-state index contributed by atoms with van der Waals surface area (Å²) < 4.78 is -0.469. The molecule has 0 spiro atoms. The topological polar surface area (TPSA) is 37.3 Å². The van der Waals surface area contributed by atoms with Crippen molar-refractivity contribution in [3.8, 4) is 0 Å². The summed E-state index contributed by atoms with van der Waals surface area (Å²) in [5, 5.41) is 9.12. The Morgan fingerprint density at radius 2 is 2.46 bits per heavy atom. The normalized spacial score (nSPS) is 27.4. The van der Waals surface area contributed by atoms with Crippen LogP contribution in [0, 0.1) is 0 Å². The molecule has 1 heterocycles. The molecule has 0 aliphatic carbocycles. The fraction of sp³-hybridized carbons (Fsp3) is 0.700. The first-order chi connectivity index (χ1) is 6.21. The number of carbonyl (C=O) groups is 1. The highest BCUT2D eigenvalue weighted by Crippen LogP contribution is 2.42. The lowest BCUT2D eigenvalue weighted by molar-refractivity contribution is -0.140. The van der Waals surface area contributed by atoms with E-state index in [0.29, 0.717) is 0 Å². The average Bonchev–Trinajstić information content (AvgIpc) is 2.55. The van der Waals surface area contributed by atoms with E-state index >= 15 is 0 Å². The van der Waals surface area contributed by atoms with Gasteiger partial charge in [-0.15, -0.1) is 18.3 Å². The lowest BCUT2D eigenvalue weighted by atomic mass is 9.96. The summed E-state index contributed by atoms with van der Waals surface area (Å²) in [5.74, 6) is 0.375. The van der Waals surface area contributed by atoms with Gasteiger partial charge in [-0.2, -0.15) is 0 Å². The molecule has 1 rings (SSSR count). The van der Waals surface area contributed by atoms with E-state index in [1.54, 1.807) is 11.8 Å². The maximum Gasteiger partial charge on any atom is 0.319 e. The molecule has 0 radical (unpaired) electrons. The Balaban J connectivity index is 2.47. The maximum absolute atomic E-state index is 11.1. The molecule has 1 saturated heterocycles. The fourth-order valence-corrected chi connectivity index (χ4v) is 3.08. The van der Waals surface area contributed by atoms with Crippen LogP contribution in [0.2, 0.25) is 0 Å². The van der Waals surface area contributed by atoms with E-state index < -0.39 is 10.7 Å². The zero-order chi connectivity index (χ0) is 9.73. The summed E-state index contributed by atoms with van der Waals surface area (Å²) in [7, 11) is 0. The molecule has 0 aromatic carbocycles. The highest BCUT2D eigenvalue weighted by molar-refractivity contribution is 8.01. The van der Waals surface area contributed by atoms with Crippen LogP contribution in [0.3, 0.4) is 0 Å². The second-order valence-corrected chi connectivity index (χ2v) is 4.91. The molecule has 3 heteroatoms. The summed E-state index contributed by atoms with van der Waals surface area (Å²) >= 11 is 1.61. The SMILES string of the molecule is C=CCCCC1(C(=O)O)CCCS1. The molecule has 1 fully saturated rings. The highest BCUT2D eigenvalue weighted by atomic mass is 32.2. The van der Waals surface area contributed by atoms with E-state index in [1.165, 1.54) is 0 Å². The first-order valence-corrected chi connectivity index (χ1v) is 5.68. The van der Waals surface area contributed by atoms with Crippen LogP contribution in [0.25, 0.3) is 0 Å². The lowest BCUT2D eigenvalue weighted by Gasteiger charge is -2.22. The van der Waals surface area contributed by atoms with E-state index in [-0.39, 0.29) is 0 Å². The van der Waals surface area contributed by atoms with Gasteiger partial charge in [0.1, 0.15) is 4.75 Å². The maximum atomic E-state index is 11.1. The van der Waals surface area contributed by atoms with Gasteiger partial charge in [0, 0.05) is 0 Å². The van der Waals surface area contributed by atoms with E-state index in [4.69, 9.17) is 5.11 Å². The van der Waals surface area contributed by atoms with Gasteiger partial charge in [-0.05, 0) is 37.9 Å². The molecule has 0 aromatic rings. The van der Waals surface area contributed by atoms with Crippen molar-refractivity contribution in [1.29, 1.82) is 0 Å². The largest absolute Gasteiger partial charge is 0.480 e. The molecular weight excluding hydrogens is 184 g/mol. The number of rotatable bonds is 5. The van der Waals surface area contributed by atoms with Gasteiger partial charge in [-0.1, -0.05) is 6.08 Å². The van der Waals surface area contributed by atoms with Gasteiger partial charge in [0.2, 0.25) is 0 Å². The molecule has 13 heavy (non-hydrogen) atoms. The molecule has 1 N–H and O–H groups in total. The van der Waals surface area contributed by atoms with Crippen LogP contribution >= 0.6 is 11.8 Å². The van der Waals surface area contributed by atoms with Crippen molar-refractivity contribution in [3.63, 3.8) is 0 Å². The van der Waals surface area contributed by atoms with Crippen molar-refractivity contribution < 1.29 is 9.90 Å².